The smallest absolute Gasteiger partial charge is 0.255 e. The van der Waals surface area contributed by atoms with Crippen molar-refractivity contribution in [3.8, 4) is 11.5 Å². The fraction of sp³-hybridized carbons (Fsp3) is 0.292. The molecule has 1 aliphatic heterocycles. The van der Waals surface area contributed by atoms with Crippen molar-refractivity contribution < 1.29 is 23.9 Å². The van der Waals surface area contributed by atoms with Crippen LogP contribution in [0.15, 0.2) is 54.6 Å². The van der Waals surface area contributed by atoms with E-state index in [0.717, 1.165) is 17.5 Å². The first kappa shape index (κ1) is 22.9. The number of hydrogen-bond donors (Lipinski definition) is 2. The van der Waals surface area contributed by atoms with E-state index in [1.54, 1.807) is 29.2 Å². The van der Waals surface area contributed by atoms with Gasteiger partial charge in [0.1, 0.15) is 0 Å². The molecular formula is C24H27N3O5. The van der Waals surface area contributed by atoms with Gasteiger partial charge in [-0.2, -0.15) is 0 Å². The molecule has 168 valence electrons. The molecule has 1 saturated heterocycles. The highest BCUT2D eigenvalue weighted by atomic mass is 16.5. The van der Waals surface area contributed by atoms with Gasteiger partial charge < -0.3 is 25.4 Å². The van der Waals surface area contributed by atoms with Crippen LogP contribution in [0.4, 0.5) is 0 Å². The highest BCUT2D eigenvalue weighted by Crippen LogP contribution is 2.28. The van der Waals surface area contributed by atoms with Crippen LogP contribution in [0.1, 0.15) is 30.0 Å². The predicted octanol–water partition coefficient (Wildman–Crippen LogP) is 2.05. The molecule has 1 unspecified atom stereocenters. The van der Waals surface area contributed by atoms with Gasteiger partial charge in [-0.05, 0) is 35.8 Å². The minimum absolute atomic E-state index is 0.112. The van der Waals surface area contributed by atoms with Crippen molar-refractivity contribution >= 4 is 23.8 Å². The second kappa shape index (κ2) is 11.0. The third kappa shape index (κ3) is 6.34. The summed E-state index contributed by atoms with van der Waals surface area (Å²) < 4.78 is 10.6. The Morgan fingerprint density at radius 2 is 1.97 bits per heavy atom. The number of methoxy groups -OCH3 is 1. The van der Waals surface area contributed by atoms with Gasteiger partial charge in [-0.15, -0.1) is 0 Å². The van der Waals surface area contributed by atoms with E-state index in [1.807, 2.05) is 30.3 Å². The Morgan fingerprint density at radius 1 is 1.19 bits per heavy atom. The van der Waals surface area contributed by atoms with Gasteiger partial charge in [0.2, 0.25) is 11.8 Å². The van der Waals surface area contributed by atoms with Crippen LogP contribution in [0, 0.1) is 0 Å². The molecule has 8 nitrogen and oxygen atoms in total. The predicted molar refractivity (Wildman–Crippen MR) is 120 cm³/mol. The van der Waals surface area contributed by atoms with Crippen LogP contribution in [-0.2, 0) is 14.4 Å². The first-order valence-electron chi connectivity index (χ1n) is 10.4. The Labute approximate surface area is 187 Å². The first-order chi connectivity index (χ1) is 15.5. The van der Waals surface area contributed by atoms with Crippen LogP contribution >= 0.6 is 0 Å². The number of ether oxygens (including phenoxy) is 2. The average molecular weight is 437 g/mol. The quantitative estimate of drug-likeness (QED) is 0.553. The van der Waals surface area contributed by atoms with E-state index >= 15 is 0 Å². The van der Waals surface area contributed by atoms with Gasteiger partial charge in [0, 0.05) is 25.6 Å². The zero-order valence-electron chi connectivity index (χ0n) is 18.0. The summed E-state index contributed by atoms with van der Waals surface area (Å²) in [5.41, 5.74) is 6.75. The van der Waals surface area contributed by atoms with Gasteiger partial charge in [-0.1, -0.05) is 36.4 Å². The Kier molecular flexibility index (Phi) is 7.85. The lowest BCUT2D eigenvalue weighted by Gasteiger charge is -2.24. The minimum atomic E-state index is -0.587. The SMILES string of the molecule is COc1cc(/C=C/C(=O)NC(CN2CCCC2=O)c2ccccc2)ccc1OCC(N)=O. The van der Waals surface area contributed by atoms with Crippen LogP contribution in [0.5, 0.6) is 11.5 Å². The maximum atomic E-state index is 12.6. The van der Waals surface area contributed by atoms with Crippen molar-refractivity contribution in [2.75, 3.05) is 26.8 Å². The van der Waals surface area contributed by atoms with Gasteiger partial charge in [-0.3, -0.25) is 14.4 Å². The van der Waals surface area contributed by atoms with Crippen LogP contribution in [-0.4, -0.2) is 49.4 Å². The summed E-state index contributed by atoms with van der Waals surface area (Å²) in [6, 6.07) is 14.4. The fourth-order valence-corrected chi connectivity index (χ4v) is 3.48. The van der Waals surface area contributed by atoms with Gasteiger partial charge in [0.05, 0.1) is 13.2 Å². The number of nitrogens with one attached hydrogen (secondary N) is 1. The van der Waals surface area contributed by atoms with Gasteiger partial charge in [-0.25, -0.2) is 0 Å². The van der Waals surface area contributed by atoms with Crippen molar-refractivity contribution in [2.24, 2.45) is 5.73 Å². The first-order valence-corrected chi connectivity index (χ1v) is 10.4. The van der Waals surface area contributed by atoms with E-state index in [-0.39, 0.29) is 24.5 Å². The molecule has 3 amide bonds. The third-order valence-electron chi connectivity index (χ3n) is 5.08. The number of amides is 3. The van der Waals surface area contributed by atoms with Crippen LogP contribution in [0.2, 0.25) is 0 Å². The number of hydrogen-bond acceptors (Lipinski definition) is 5. The number of rotatable bonds is 10. The second-order valence-electron chi connectivity index (χ2n) is 7.41. The fourth-order valence-electron chi connectivity index (χ4n) is 3.48. The number of carbonyl (C=O) groups excluding carboxylic acids is 3. The lowest BCUT2D eigenvalue weighted by Crippen LogP contribution is -2.38. The highest BCUT2D eigenvalue weighted by Gasteiger charge is 2.24. The molecule has 1 atom stereocenters. The summed E-state index contributed by atoms with van der Waals surface area (Å²) in [5, 5.41) is 3.00. The van der Waals surface area contributed by atoms with Crippen molar-refractivity contribution in [1.82, 2.24) is 10.2 Å². The molecule has 3 rings (SSSR count). The molecule has 32 heavy (non-hydrogen) atoms. The molecule has 0 bridgehead atoms. The Balaban J connectivity index is 1.68. The highest BCUT2D eigenvalue weighted by molar-refractivity contribution is 5.92. The number of nitrogens with zero attached hydrogens (tertiary/aromatic N) is 1. The third-order valence-corrected chi connectivity index (χ3v) is 5.08. The number of benzene rings is 2. The second-order valence-corrected chi connectivity index (χ2v) is 7.41. The molecule has 1 heterocycles. The van der Waals surface area contributed by atoms with E-state index in [2.05, 4.69) is 5.32 Å². The lowest BCUT2D eigenvalue weighted by molar-refractivity contribution is -0.128. The zero-order chi connectivity index (χ0) is 22.9. The molecule has 0 aliphatic carbocycles. The normalized spacial score (nSPS) is 14.4. The van der Waals surface area contributed by atoms with Crippen molar-refractivity contribution in [3.05, 3.63) is 65.7 Å². The number of carbonyl (C=O) groups is 3. The summed E-state index contributed by atoms with van der Waals surface area (Å²) in [6.45, 7) is 0.883. The van der Waals surface area contributed by atoms with E-state index in [4.69, 9.17) is 15.2 Å². The van der Waals surface area contributed by atoms with E-state index < -0.39 is 5.91 Å². The molecule has 1 aliphatic rings. The monoisotopic (exact) mass is 437 g/mol. The molecule has 0 saturated carbocycles. The molecule has 0 aromatic heterocycles. The average Bonchev–Trinajstić information content (AvgIpc) is 3.20. The van der Waals surface area contributed by atoms with Crippen molar-refractivity contribution in [1.29, 1.82) is 0 Å². The van der Waals surface area contributed by atoms with Gasteiger partial charge in [0.15, 0.2) is 18.1 Å². The summed E-state index contributed by atoms with van der Waals surface area (Å²) >= 11 is 0. The van der Waals surface area contributed by atoms with E-state index in [0.29, 0.717) is 31.0 Å². The number of primary amides is 1. The maximum absolute atomic E-state index is 12.6. The molecule has 0 radical (unpaired) electrons. The maximum Gasteiger partial charge on any atom is 0.255 e. The van der Waals surface area contributed by atoms with Crippen molar-refractivity contribution in [2.45, 2.75) is 18.9 Å². The lowest BCUT2D eigenvalue weighted by atomic mass is 10.1. The van der Waals surface area contributed by atoms with Crippen LogP contribution < -0.4 is 20.5 Å². The largest absolute Gasteiger partial charge is 0.493 e. The zero-order valence-corrected chi connectivity index (χ0v) is 18.0. The number of nitrogens with two attached hydrogens (primary N) is 1. The van der Waals surface area contributed by atoms with Crippen LogP contribution in [0.25, 0.3) is 6.08 Å². The van der Waals surface area contributed by atoms with E-state index in [1.165, 1.54) is 13.2 Å². The van der Waals surface area contributed by atoms with E-state index in [9.17, 15) is 14.4 Å². The molecule has 8 heteroatoms. The molecule has 0 spiro atoms. The summed E-state index contributed by atoms with van der Waals surface area (Å²) in [6.07, 6.45) is 4.48. The molecule has 2 aromatic rings. The summed E-state index contributed by atoms with van der Waals surface area (Å²) in [7, 11) is 1.48. The molecule has 2 aromatic carbocycles. The Bertz CT molecular complexity index is 990. The molecule has 1 fully saturated rings. The van der Waals surface area contributed by atoms with Gasteiger partial charge in [0.25, 0.3) is 5.91 Å². The molecule has 3 N–H and O–H groups in total. The van der Waals surface area contributed by atoms with Gasteiger partial charge >= 0.3 is 0 Å². The summed E-state index contributed by atoms with van der Waals surface area (Å²) in [4.78, 5) is 37.4. The molecular weight excluding hydrogens is 410 g/mol. The Hall–Kier alpha value is -3.81. The topological polar surface area (TPSA) is 111 Å². The van der Waals surface area contributed by atoms with Crippen molar-refractivity contribution in [3.63, 3.8) is 0 Å². The Morgan fingerprint density at radius 3 is 2.62 bits per heavy atom. The standard InChI is InChI=1S/C24H27N3O5/c1-31-21-14-17(9-11-20(21)32-16-22(25)28)10-12-23(29)26-19(18-6-3-2-4-7-18)15-27-13-5-8-24(27)30/h2-4,6-7,9-12,14,19H,5,8,13,15-16H2,1H3,(H2,25,28)(H,26,29)/b12-10+. The summed E-state index contributed by atoms with van der Waals surface area (Å²) in [5.74, 6) is 0.0483. The van der Waals surface area contributed by atoms with Crippen LogP contribution in [0.3, 0.4) is 0 Å². The minimum Gasteiger partial charge on any atom is -0.493 e. The number of likely N-dealkylation sites (tertiary alicyclic amines) is 1.